The van der Waals surface area contributed by atoms with E-state index < -0.39 is 0 Å². The summed E-state index contributed by atoms with van der Waals surface area (Å²) < 4.78 is 6.78. The fraction of sp³-hybridized carbons (Fsp3) is 0.300. The molecule has 0 saturated carbocycles. The molecule has 5 heteroatoms. The Kier molecular flexibility index (Phi) is 5.40. The fourth-order valence-corrected chi connectivity index (χ4v) is 3.64. The van der Waals surface area contributed by atoms with Crippen LogP contribution in [0, 0.1) is 18.3 Å². The van der Waals surface area contributed by atoms with Crippen molar-refractivity contribution in [3.05, 3.63) is 51.7 Å². The normalized spacial score (nSPS) is 15.1. The lowest BCUT2D eigenvalue weighted by Crippen LogP contribution is -2.36. The molecule has 0 radical (unpaired) electrons. The molecule has 1 aliphatic rings. The van der Waals surface area contributed by atoms with Crippen LogP contribution >= 0.6 is 15.9 Å². The van der Waals surface area contributed by atoms with Gasteiger partial charge >= 0.3 is 0 Å². The average Bonchev–Trinajstić information content (AvgIpc) is 3.08. The highest BCUT2D eigenvalue weighted by Gasteiger charge is 2.20. The Bertz CT molecular complexity index is 855. The number of benzene rings is 1. The summed E-state index contributed by atoms with van der Waals surface area (Å²) >= 11 is 3.54. The molecule has 128 valence electrons. The zero-order valence-corrected chi connectivity index (χ0v) is 15.7. The Morgan fingerprint density at radius 2 is 2.00 bits per heavy atom. The molecule has 0 aliphatic carbocycles. The number of hydrogen-bond acceptors (Lipinski definition) is 3. The van der Waals surface area contributed by atoms with Crippen LogP contribution in [0.5, 0.6) is 0 Å². The molecule has 2 aromatic rings. The molecule has 4 nitrogen and oxygen atoms in total. The van der Waals surface area contributed by atoms with Crippen LogP contribution in [0.25, 0.3) is 17.4 Å². The van der Waals surface area contributed by atoms with Gasteiger partial charge in [-0.05, 0) is 56.0 Å². The van der Waals surface area contributed by atoms with Crippen LogP contribution < -0.4 is 0 Å². The lowest BCUT2D eigenvalue weighted by Gasteiger charge is -2.26. The molecule has 0 unspecified atom stereocenters. The Labute approximate surface area is 155 Å². The van der Waals surface area contributed by atoms with Gasteiger partial charge in [0.2, 0.25) is 0 Å². The Morgan fingerprint density at radius 3 is 2.68 bits per heavy atom. The van der Waals surface area contributed by atoms with Crippen LogP contribution in [0.1, 0.15) is 30.6 Å². The molecule has 1 aromatic carbocycles. The van der Waals surface area contributed by atoms with E-state index in [0.29, 0.717) is 11.5 Å². The third-order valence-electron chi connectivity index (χ3n) is 4.30. The highest BCUT2D eigenvalue weighted by molar-refractivity contribution is 9.10. The van der Waals surface area contributed by atoms with Crippen LogP contribution in [-0.2, 0) is 4.79 Å². The first-order valence-corrected chi connectivity index (χ1v) is 9.15. The number of amides is 1. The zero-order chi connectivity index (χ0) is 17.8. The molecular formula is C20H19BrN2O2. The molecule has 1 amide bonds. The summed E-state index contributed by atoms with van der Waals surface area (Å²) in [5, 5.41) is 9.37. The summed E-state index contributed by atoms with van der Waals surface area (Å²) in [5.41, 5.74) is 2.21. The molecule has 1 aromatic heterocycles. The lowest BCUT2D eigenvalue weighted by atomic mass is 10.1. The van der Waals surface area contributed by atoms with Gasteiger partial charge in [-0.15, -0.1) is 0 Å². The van der Waals surface area contributed by atoms with Gasteiger partial charge in [0.1, 0.15) is 23.2 Å². The number of carbonyl (C=O) groups is 1. The first-order chi connectivity index (χ1) is 12.1. The fourth-order valence-electron chi connectivity index (χ4n) is 2.95. The Morgan fingerprint density at radius 1 is 1.24 bits per heavy atom. The number of piperidine rings is 1. The van der Waals surface area contributed by atoms with Crippen LogP contribution in [0.4, 0.5) is 0 Å². The van der Waals surface area contributed by atoms with Crippen molar-refractivity contribution in [3.8, 4) is 17.4 Å². The molecule has 0 N–H and O–H groups in total. The Hall–Kier alpha value is -2.32. The topological polar surface area (TPSA) is 57.2 Å². The second kappa shape index (κ2) is 7.71. The minimum Gasteiger partial charge on any atom is -0.457 e. The molecule has 25 heavy (non-hydrogen) atoms. The molecule has 0 bridgehead atoms. The Balaban J connectivity index is 1.84. The quantitative estimate of drug-likeness (QED) is 0.543. The van der Waals surface area contributed by atoms with Gasteiger partial charge in [0.15, 0.2) is 0 Å². The SMILES string of the molecule is Cc1ccc(-c2ccc(C=C(C#N)C(=O)N3CCCCC3)o2)c(Br)c1. The minimum absolute atomic E-state index is 0.116. The molecule has 3 rings (SSSR count). The van der Waals surface area contributed by atoms with E-state index in [1.165, 1.54) is 6.08 Å². The van der Waals surface area contributed by atoms with Crippen molar-refractivity contribution < 1.29 is 9.21 Å². The van der Waals surface area contributed by atoms with Crippen molar-refractivity contribution in [1.29, 1.82) is 5.26 Å². The first kappa shape index (κ1) is 17.5. The molecule has 1 aliphatic heterocycles. The molecule has 1 fully saturated rings. The van der Waals surface area contributed by atoms with Crippen LogP contribution in [0.3, 0.4) is 0 Å². The zero-order valence-electron chi connectivity index (χ0n) is 14.1. The maximum atomic E-state index is 12.5. The smallest absolute Gasteiger partial charge is 0.264 e. The van der Waals surface area contributed by atoms with E-state index in [1.54, 1.807) is 11.0 Å². The summed E-state index contributed by atoms with van der Waals surface area (Å²) in [6, 6.07) is 11.7. The van der Waals surface area contributed by atoms with Gasteiger partial charge in [0, 0.05) is 29.2 Å². The first-order valence-electron chi connectivity index (χ1n) is 8.36. The van der Waals surface area contributed by atoms with Crippen molar-refractivity contribution in [2.24, 2.45) is 0 Å². The third kappa shape index (κ3) is 4.02. The van der Waals surface area contributed by atoms with E-state index in [9.17, 15) is 10.1 Å². The van der Waals surface area contributed by atoms with Crippen molar-refractivity contribution in [2.45, 2.75) is 26.2 Å². The highest BCUT2D eigenvalue weighted by Crippen LogP contribution is 2.31. The van der Waals surface area contributed by atoms with Crippen LogP contribution in [0.15, 0.2) is 44.8 Å². The number of rotatable bonds is 3. The average molecular weight is 399 g/mol. The summed E-state index contributed by atoms with van der Waals surface area (Å²) in [6.45, 7) is 3.46. The maximum absolute atomic E-state index is 12.5. The predicted octanol–water partition coefficient (Wildman–Crippen LogP) is 4.94. The summed E-state index contributed by atoms with van der Waals surface area (Å²) in [7, 11) is 0. The van der Waals surface area contributed by atoms with Crippen molar-refractivity contribution in [1.82, 2.24) is 4.90 Å². The van der Waals surface area contributed by atoms with Crippen molar-refractivity contribution in [3.63, 3.8) is 0 Å². The second-order valence-corrected chi connectivity index (χ2v) is 7.06. The van der Waals surface area contributed by atoms with Gasteiger partial charge in [-0.3, -0.25) is 4.79 Å². The van der Waals surface area contributed by atoms with E-state index in [0.717, 1.165) is 48.0 Å². The summed E-state index contributed by atoms with van der Waals surface area (Å²) in [4.78, 5) is 14.2. The largest absolute Gasteiger partial charge is 0.457 e. The van der Waals surface area contributed by atoms with Gasteiger partial charge in [-0.2, -0.15) is 5.26 Å². The van der Waals surface area contributed by atoms with Crippen LogP contribution in [0.2, 0.25) is 0 Å². The number of likely N-dealkylation sites (tertiary alicyclic amines) is 1. The second-order valence-electron chi connectivity index (χ2n) is 6.21. The van der Waals surface area contributed by atoms with Crippen molar-refractivity contribution in [2.75, 3.05) is 13.1 Å². The number of halogens is 1. The van der Waals surface area contributed by atoms with Gasteiger partial charge in [0.05, 0.1) is 0 Å². The van der Waals surface area contributed by atoms with E-state index >= 15 is 0 Å². The van der Waals surface area contributed by atoms with E-state index in [1.807, 2.05) is 37.3 Å². The number of carbonyl (C=O) groups excluding carboxylic acids is 1. The number of nitrogens with zero attached hydrogens (tertiary/aromatic N) is 2. The monoisotopic (exact) mass is 398 g/mol. The van der Waals surface area contributed by atoms with Gasteiger partial charge in [-0.25, -0.2) is 0 Å². The molecular weight excluding hydrogens is 380 g/mol. The summed E-state index contributed by atoms with van der Waals surface area (Å²) in [6.07, 6.45) is 4.67. The lowest BCUT2D eigenvalue weighted by molar-refractivity contribution is -0.127. The highest BCUT2D eigenvalue weighted by atomic mass is 79.9. The summed E-state index contributed by atoms with van der Waals surface area (Å²) in [5.74, 6) is 0.988. The molecule has 2 heterocycles. The van der Waals surface area contributed by atoms with E-state index in [2.05, 4.69) is 15.9 Å². The number of aryl methyl sites for hydroxylation is 1. The van der Waals surface area contributed by atoms with Crippen molar-refractivity contribution >= 4 is 27.9 Å². The number of nitriles is 1. The third-order valence-corrected chi connectivity index (χ3v) is 4.95. The van der Waals surface area contributed by atoms with E-state index in [-0.39, 0.29) is 11.5 Å². The standard InChI is InChI=1S/C20H19BrN2O2/c1-14-5-7-17(18(21)11-14)19-8-6-16(25-19)12-15(13-22)20(24)23-9-3-2-4-10-23/h5-8,11-12H,2-4,9-10H2,1H3. The van der Waals surface area contributed by atoms with E-state index in [4.69, 9.17) is 4.42 Å². The number of hydrogen-bond donors (Lipinski definition) is 0. The minimum atomic E-state index is -0.211. The van der Waals surface area contributed by atoms with Crippen LogP contribution in [-0.4, -0.2) is 23.9 Å². The molecule has 0 atom stereocenters. The number of furan rings is 1. The van der Waals surface area contributed by atoms with Gasteiger partial charge in [-0.1, -0.05) is 22.0 Å². The predicted molar refractivity (Wildman–Crippen MR) is 101 cm³/mol. The maximum Gasteiger partial charge on any atom is 0.264 e. The van der Waals surface area contributed by atoms with Gasteiger partial charge < -0.3 is 9.32 Å². The molecule has 0 spiro atoms. The van der Waals surface area contributed by atoms with Gasteiger partial charge in [0.25, 0.3) is 5.91 Å². The molecule has 1 saturated heterocycles.